The van der Waals surface area contributed by atoms with Crippen LogP contribution in [-0.4, -0.2) is 29.8 Å². The van der Waals surface area contributed by atoms with Gasteiger partial charge in [-0.05, 0) is 43.9 Å². The second kappa shape index (κ2) is 7.63. The molecule has 0 spiro atoms. The van der Waals surface area contributed by atoms with Crippen LogP contribution in [0.15, 0.2) is 12.1 Å². The second-order valence-electron chi connectivity index (χ2n) is 5.96. The van der Waals surface area contributed by atoms with Crippen molar-refractivity contribution in [3.8, 4) is 0 Å². The first-order valence-corrected chi connectivity index (χ1v) is 8.19. The summed E-state index contributed by atoms with van der Waals surface area (Å²) in [4.78, 5) is 26.1. The maximum Gasteiger partial charge on any atom is 0.233 e. The fourth-order valence-corrected chi connectivity index (χ4v) is 3.20. The number of amides is 2. The van der Waals surface area contributed by atoms with E-state index < -0.39 is 0 Å². The van der Waals surface area contributed by atoms with Crippen molar-refractivity contribution in [2.45, 2.75) is 46.0 Å². The third kappa shape index (κ3) is 4.47. The topological polar surface area (TPSA) is 49.4 Å². The predicted octanol–water partition coefficient (Wildman–Crippen LogP) is 3.69. The van der Waals surface area contributed by atoms with E-state index >= 15 is 0 Å². The second-order valence-corrected chi connectivity index (χ2v) is 6.37. The summed E-state index contributed by atoms with van der Waals surface area (Å²) >= 11 is 6.18. The molecule has 0 aliphatic carbocycles. The number of likely N-dealkylation sites (tertiary alicyclic amines) is 1. The smallest absolute Gasteiger partial charge is 0.233 e. The fourth-order valence-electron chi connectivity index (χ4n) is 2.83. The lowest BCUT2D eigenvalue weighted by Gasteiger charge is -2.20. The summed E-state index contributed by atoms with van der Waals surface area (Å²) in [7, 11) is 0. The van der Waals surface area contributed by atoms with Crippen molar-refractivity contribution in [3.63, 3.8) is 0 Å². The molecule has 1 N–H and O–H groups in total. The molecule has 120 valence electrons. The van der Waals surface area contributed by atoms with Crippen LogP contribution in [0.3, 0.4) is 0 Å². The molecule has 5 heteroatoms. The van der Waals surface area contributed by atoms with E-state index in [0.29, 0.717) is 10.7 Å². The first-order chi connectivity index (χ1) is 10.5. The lowest BCUT2D eigenvalue weighted by atomic mass is 10.1. The summed E-state index contributed by atoms with van der Waals surface area (Å²) < 4.78 is 0. The molecule has 0 unspecified atom stereocenters. The van der Waals surface area contributed by atoms with Crippen LogP contribution in [0.1, 0.15) is 43.2 Å². The number of hydrogen-bond acceptors (Lipinski definition) is 2. The molecule has 1 aliphatic rings. The van der Waals surface area contributed by atoms with Gasteiger partial charge in [0.2, 0.25) is 11.8 Å². The molecule has 4 nitrogen and oxygen atoms in total. The van der Waals surface area contributed by atoms with Crippen LogP contribution in [-0.2, 0) is 9.59 Å². The van der Waals surface area contributed by atoms with Gasteiger partial charge in [-0.15, -0.1) is 0 Å². The molecule has 0 saturated carbocycles. The van der Waals surface area contributed by atoms with Crippen LogP contribution in [0.4, 0.5) is 5.69 Å². The van der Waals surface area contributed by atoms with E-state index in [0.717, 1.165) is 49.9 Å². The number of nitrogens with one attached hydrogen (secondary N) is 1. The molecule has 0 bridgehead atoms. The predicted molar refractivity (Wildman–Crippen MR) is 89.2 cm³/mol. The van der Waals surface area contributed by atoms with Crippen LogP contribution >= 0.6 is 11.6 Å². The van der Waals surface area contributed by atoms with Gasteiger partial charge in [-0.2, -0.15) is 0 Å². The number of aryl methyl sites for hydroxylation is 2. The third-order valence-electron chi connectivity index (χ3n) is 3.97. The molecule has 2 amide bonds. The van der Waals surface area contributed by atoms with Gasteiger partial charge in [-0.3, -0.25) is 9.59 Å². The Morgan fingerprint density at radius 2 is 1.77 bits per heavy atom. The Morgan fingerprint density at radius 3 is 2.36 bits per heavy atom. The molecule has 0 atom stereocenters. The molecule has 0 radical (unpaired) electrons. The molecular formula is C17H23ClN2O2. The molecule has 1 fully saturated rings. The third-order valence-corrected chi connectivity index (χ3v) is 4.26. The lowest BCUT2D eigenvalue weighted by molar-refractivity contribution is -0.134. The number of rotatable bonds is 3. The van der Waals surface area contributed by atoms with Gasteiger partial charge < -0.3 is 10.2 Å². The van der Waals surface area contributed by atoms with Crippen LogP contribution in [0, 0.1) is 13.8 Å². The summed E-state index contributed by atoms with van der Waals surface area (Å²) in [6.45, 7) is 5.37. The standard InChI is InChI=1S/C17H23ClN2O2/c1-12-9-13(2)17(14(18)10-12)19-15(21)11-16(22)20-7-5-3-4-6-8-20/h9-10H,3-8,11H2,1-2H3,(H,19,21). The average molecular weight is 323 g/mol. The van der Waals surface area contributed by atoms with Crippen molar-refractivity contribution in [2.75, 3.05) is 18.4 Å². The van der Waals surface area contributed by atoms with Crippen molar-refractivity contribution < 1.29 is 9.59 Å². The van der Waals surface area contributed by atoms with Gasteiger partial charge >= 0.3 is 0 Å². The molecule has 1 heterocycles. The SMILES string of the molecule is Cc1cc(C)c(NC(=O)CC(=O)N2CCCCCC2)c(Cl)c1. The van der Waals surface area contributed by atoms with Gasteiger partial charge in [0, 0.05) is 13.1 Å². The van der Waals surface area contributed by atoms with Crippen molar-refractivity contribution in [2.24, 2.45) is 0 Å². The van der Waals surface area contributed by atoms with E-state index in [-0.39, 0.29) is 18.2 Å². The number of carbonyl (C=O) groups is 2. The highest BCUT2D eigenvalue weighted by Gasteiger charge is 2.19. The Kier molecular flexibility index (Phi) is 5.83. The average Bonchev–Trinajstić information content (AvgIpc) is 2.71. The van der Waals surface area contributed by atoms with Gasteiger partial charge in [-0.1, -0.05) is 30.5 Å². The minimum absolute atomic E-state index is 0.0970. The molecule has 0 aromatic heterocycles. The maximum atomic E-state index is 12.2. The molecular weight excluding hydrogens is 300 g/mol. The van der Waals surface area contributed by atoms with Crippen LogP contribution < -0.4 is 5.32 Å². The van der Waals surface area contributed by atoms with E-state index in [1.54, 1.807) is 11.0 Å². The van der Waals surface area contributed by atoms with Crippen molar-refractivity contribution >= 4 is 29.1 Å². The number of nitrogens with zero attached hydrogens (tertiary/aromatic N) is 1. The minimum Gasteiger partial charge on any atom is -0.342 e. The van der Waals surface area contributed by atoms with Gasteiger partial charge in [0.15, 0.2) is 0 Å². The van der Waals surface area contributed by atoms with Crippen LogP contribution in [0.25, 0.3) is 0 Å². The number of carbonyl (C=O) groups excluding carboxylic acids is 2. The quantitative estimate of drug-likeness (QED) is 0.863. The van der Waals surface area contributed by atoms with E-state index in [1.165, 1.54) is 0 Å². The normalized spacial score (nSPS) is 15.3. The molecule has 1 aliphatic heterocycles. The zero-order chi connectivity index (χ0) is 16.1. The lowest BCUT2D eigenvalue weighted by Crippen LogP contribution is -2.34. The minimum atomic E-state index is -0.303. The number of anilines is 1. The molecule has 22 heavy (non-hydrogen) atoms. The van der Waals surface area contributed by atoms with Crippen molar-refractivity contribution in [1.29, 1.82) is 0 Å². The van der Waals surface area contributed by atoms with Gasteiger partial charge in [-0.25, -0.2) is 0 Å². The van der Waals surface area contributed by atoms with Gasteiger partial charge in [0.1, 0.15) is 6.42 Å². The van der Waals surface area contributed by atoms with E-state index in [1.807, 2.05) is 19.9 Å². The monoisotopic (exact) mass is 322 g/mol. The Morgan fingerprint density at radius 1 is 1.14 bits per heavy atom. The molecule has 1 aromatic rings. The summed E-state index contributed by atoms with van der Waals surface area (Å²) in [5.41, 5.74) is 2.54. The summed E-state index contributed by atoms with van der Waals surface area (Å²) in [6.07, 6.45) is 4.25. The highest BCUT2D eigenvalue weighted by atomic mass is 35.5. The van der Waals surface area contributed by atoms with E-state index in [4.69, 9.17) is 11.6 Å². The summed E-state index contributed by atoms with van der Waals surface area (Å²) in [6, 6.07) is 3.76. The van der Waals surface area contributed by atoms with Crippen molar-refractivity contribution in [1.82, 2.24) is 4.90 Å². The van der Waals surface area contributed by atoms with Crippen LogP contribution in [0.2, 0.25) is 5.02 Å². The first-order valence-electron chi connectivity index (χ1n) is 7.82. The highest BCUT2D eigenvalue weighted by Crippen LogP contribution is 2.27. The number of halogens is 1. The number of benzene rings is 1. The molecule has 1 aromatic carbocycles. The van der Waals surface area contributed by atoms with Crippen LogP contribution in [0.5, 0.6) is 0 Å². The Balaban J connectivity index is 1.96. The summed E-state index contributed by atoms with van der Waals surface area (Å²) in [5, 5.41) is 3.28. The fraction of sp³-hybridized carbons (Fsp3) is 0.529. The van der Waals surface area contributed by atoms with Gasteiger partial charge in [0.25, 0.3) is 0 Å². The number of hydrogen-bond donors (Lipinski definition) is 1. The van der Waals surface area contributed by atoms with Crippen molar-refractivity contribution in [3.05, 3.63) is 28.3 Å². The highest BCUT2D eigenvalue weighted by molar-refractivity contribution is 6.34. The zero-order valence-electron chi connectivity index (χ0n) is 13.2. The Hall–Kier alpha value is -1.55. The maximum absolute atomic E-state index is 12.2. The zero-order valence-corrected chi connectivity index (χ0v) is 14.0. The Bertz CT molecular complexity index is 541. The van der Waals surface area contributed by atoms with E-state index in [9.17, 15) is 9.59 Å². The molecule has 2 rings (SSSR count). The van der Waals surface area contributed by atoms with Gasteiger partial charge in [0.05, 0.1) is 10.7 Å². The summed E-state index contributed by atoms with van der Waals surface area (Å²) in [5.74, 6) is -0.400. The van der Waals surface area contributed by atoms with E-state index in [2.05, 4.69) is 5.32 Å². The first kappa shape index (κ1) is 16.8. The molecule has 1 saturated heterocycles. The largest absolute Gasteiger partial charge is 0.342 e. The Labute approximate surface area is 136 Å².